The number of halogens is 1. The van der Waals surface area contributed by atoms with Crippen LogP contribution in [0, 0.1) is 12.7 Å². The molecule has 1 unspecified atom stereocenters. The first kappa shape index (κ1) is 28.5. The normalized spacial score (nSPS) is 13.4. The van der Waals surface area contributed by atoms with Gasteiger partial charge in [-0.05, 0) is 79.6 Å². The highest BCUT2D eigenvalue weighted by atomic mass is 19.1. The molecule has 3 aromatic carbocycles. The van der Waals surface area contributed by atoms with Gasteiger partial charge in [0.1, 0.15) is 5.82 Å². The molecule has 0 aliphatic heterocycles. The molecule has 2 atom stereocenters. The van der Waals surface area contributed by atoms with Gasteiger partial charge in [-0.25, -0.2) is 9.18 Å². The number of aromatic carboxylic acids is 1. The van der Waals surface area contributed by atoms with Crippen LogP contribution in [0.25, 0.3) is 11.1 Å². The Bertz CT molecular complexity index is 1210. The monoisotopic (exact) mass is 508 g/mol. The van der Waals surface area contributed by atoms with E-state index in [2.05, 4.69) is 5.32 Å². The van der Waals surface area contributed by atoms with Crippen molar-refractivity contribution in [1.29, 1.82) is 0 Å². The molecule has 0 saturated heterocycles. The lowest BCUT2D eigenvalue weighted by Crippen LogP contribution is -2.46. The fourth-order valence-corrected chi connectivity index (χ4v) is 4.55. The molecule has 0 radical (unpaired) electrons. The Morgan fingerprint density at radius 1 is 1.14 bits per heavy atom. The topological polar surface area (TPSA) is 105 Å². The molecular weight excluding hydrogens is 471 g/mol. The van der Waals surface area contributed by atoms with E-state index in [0.29, 0.717) is 17.5 Å². The molecule has 198 valence electrons. The molecule has 7 heteroatoms. The minimum absolute atomic E-state index is 0.0504. The van der Waals surface area contributed by atoms with Crippen molar-refractivity contribution in [3.63, 3.8) is 0 Å². The van der Waals surface area contributed by atoms with Gasteiger partial charge in [-0.15, -0.1) is 0 Å². The Hall–Kier alpha value is -3.10. The summed E-state index contributed by atoms with van der Waals surface area (Å²) in [6.45, 7) is 8.13. The average Bonchev–Trinajstić information content (AvgIpc) is 2.87. The van der Waals surface area contributed by atoms with Crippen molar-refractivity contribution in [2.24, 2.45) is 5.73 Å². The summed E-state index contributed by atoms with van der Waals surface area (Å²) in [5, 5.41) is 23.6. The highest BCUT2D eigenvalue weighted by Gasteiger charge is 2.23. The van der Waals surface area contributed by atoms with Crippen LogP contribution in [0.15, 0.2) is 60.7 Å². The largest absolute Gasteiger partial charge is 0.478 e. The van der Waals surface area contributed by atoms with Gasteiger partial charge < -0.3 is 26.0 Å². The van der Waals surface area contributed by atoms with E-state index in [9.17, 15) is 19.4 Å². The number of hydrogen-bond acceptors (Lipinski definition) is 5. The highest BCUT2D eigenvalue weighted by molar-refractivity contribution is 5.91. The molecule has 5 N–H and O–H groups in total. The number of β-amino-alcohol motifs (C(OH)–C–C–N with tert-alkyl or cyclic N) is 1. The van der Waals surface area contributed by atoms with Gasteiger partial charge in [0.25, 0.3) is 0 Å². The van der Waals surface area contributed by atoms with Crippen molar-refractivity contribution in [3.8, 4) is 11.1 Å². The molecule has 3 aromatic rings. The van der Waals surface area contributed by atoms with E-state index in [0.717, 1.165) is 22.3 Å². The highest BCUT2D eigenvalue weighted by Crippen LogP contribution is 2.34. The Labute approximate surface area is 218 Å². The Morgan fingerprint density at radius 2 is 1.84 bits per heavy atom. The number of rotatable bonds is 12. The number of aliphatic hydroxyl groups excluding tert-OH is 1. The predicted octanol–water partition coefficient (Wildman–Crippen LogP) is 5.01. The molecule has 0 saturated carbocycles. The zero-order chi connectivity index (χ0) is 27.2. The molecule has 0 heterocycles. The zero-order valence-corrected chi connectivity index (χ0v) is 21.9. The Balaban J connectivity index is 1.66. The molecular formula is C30H37FN2O4. The quantitative estimate of drug-likeness (QED) is 0.274. The fraction of sp³-hybridized carbons (Fsp3) is 0.367. The van der Waals surface area contributed by atoms with Gasteiger partial charge in [0, 0.05) is 18.6 Å². The van der Waals surface area contributed by atoms with Gasteiger partial charge in [0.15, 0.2) is 0 Å². The second-order valence-corrected chi connectivity index (χ2v) is 10.1. The zero-order valence-electron chi connectivity index (χ0n) is 21.9. The summed E-state index contributed by atoms with van der Waals surface area (Å²) < 4.78 is 20.5. The van der Waals surface area contributed by atoms with Crippen LogP contribution in [-0.2, 0) is 17.7 Å². The van der Waals surface area contributed by atoms with E-state index in [1.807, 2.05) is 57.2 Å². The maximum Gasteiger partial charge on any atom is 0.335 e. The lowest BCUT2D eigenvalue weighted by Gasteiger charge is -2.29. The van der Waals surface area contributed by atoms with E-state index >= 15 is 0 Å². The van der Waals surface area contributed by atoms with E-state index in [1.165, 1.54) is 6.07 Å². The molecule has 37 heavy (non-hydrogen) atoms. The third-order valence-electron chi connectivity index (χ3n) is 6.58. The van der Waals surface area contributed by atoms with E-state index < -0.39 is 23.7 Å². The lowest BCUT2D eigenvalue weighted by molar-refractivity contribution is -0.00424. The van der Waals surface area contributed by atoms with Crippen LogP contribution < -0.4 is 11.1 Å². The smallest absolute Gasteiger partial charge is 0.335 e. The number of ether oxygens (including phenoxy) is 1. The second kappa shape index (κ2) is 12.4. The van der Waals surface area contributed by atoms with Gasteiger partial charge in [-0.3, -0.25) is 0 Å². The number of nitrogens with one attached hydrogen (secondary N) is 1. The number of carbonyl (C=O) groups is 1. The number of hydrogen-bond donors (Lipinski definition) is 4. The summed E-state index contributed by atoms with van der Waals surface area (Å²) in [4.78, 5) is 11.8. The molecule has 0 aromatic heterocycles. The summed E-state index contributed by atoms with van der Waals surface area (Å²) in [6.07, 6.45) is -0.823. The minimum Gasteiger partial charge on any atom is -0.478 e. The van der Waals surface area contributed by atoms with Gasteiger partial charge in [0.2, 0.25) is 0 Å². The van der Waals surface area contributed by atoms with Crippen LogP contribution >= 0.6 is 0 Å². The van der Waals surface area contributed by atoms with Crippen molar-refractivity contribution < 1.29 is 24.1 Å². The van der Waals surface area contributed by atoms with Crippen LogP contribution in [0.3, 0.4) is 0 Å². The van der Waals surface area contributed by atoms with Crippen LogP contribution in [0.1, 0.15) is 59.5 Å². The van der Waals surface area contributed by atoms with E-state index in [1.54, 1.807) is 25.1 Å². The Morgan fingerprint density at radius 3 is 2.46 bits per heavy atom. The summed E-state index contributed by atoms with van der Waals surface area (Å²) in [6, 6.07) is 18.2. The van der Waals surface area contributed by atoms with Crippen LogP contribution in [0.5, 0.6) is 0 Å². The summed E-state index contributed by atoms with van der Waals surface area (Å²) in [5.41, 5.74) is 9.94. The fourth-order valence-electron chi connectivity index (χ4n) is 4.55. The van der Waals surface area contributed by atoms with Crippen molar-refractivity contribution in [2.75, 3.05) is 13.2 Å². The van der Waals surface area contributed by atoms with Gasteiger partial charge in [-0.1, -0.05) is 48.5 Å². The number of benzene rings is 3. The summed E-state index contributed by atoms with van der Waals surface area (Å²) >= 11 is 0. The number of carboxylic acids is 1. The average molecular weight is 509 g/mol. The van der Waals surface area contributed by atoms with Crippen LogP contribution in [-0.4, -0.2) is 41.0 Å². The maximum absolute atomic E-state index is 14.4. The standard InChI is InChI=1S/C30H37FN2O4/c1-19-25(29(35)36)12-13-26(22-8-6-5-7-9-22)28(19)20(2)37-18-24(34)17-33-30(3,4)15-23-11-10-21(16-32)14-27(23)31/h5-14,20,24,33-34H,15-18,32H2,1-4H3,(H,35,36)/t20?,24-/m1/s1. The van der Waals surface area contributed by atoms with Crippen molar-refractivity contribution >= 4 is 5.97 Å². The molecule has 0 amide bonds. The molecule has 0 aliphatic carbocycles. The summed E-state index contributed by atoms with van der Waals surface area (Å²) in [7, 11) is 0. The summed E-state index contributed by atoms with van der Waals surface area (Å²) in [5.74, 6) is -1.28. The first-order chi connectivity index (χ1) is 17.5. The number of carboxylic acid groups (broad SMARTS) is 1. The molecule has 0 aliphatic rings. The first-order valence-corrected chi connectivity index (χ1v) is 12.5. The van der Waals surface area contributed by atoms with Crippen LogP contribution in [0.4, 0.5) is 4.39 Å². The molecule has 0 bridgehead atoms. The molecule has 0 spiro atoms. The molecule has 3 rings (SSSR count). The SMILES string of the molecule is Cc1c(C(=O)O)ccc(-c2ccccc2)c1C(C)OC[C@H](O)CNC(C)(C)Cc1ccc(CN)cc1F. The van der Waals surface area contributed by atoms with Crippen molar-refractivity contribution in [2.45, 2.75) is 58.4 Å². The minimum atomic E-state index is -0.994. The van der Waals surface area contributed by atoms with E-state index in [4.69, 9.17) is 10.5 Å². The van der Waals surface area contributed by atoms with Crippen molar-refractivity contribution in [1.82, 2.24) is 5.32 Å². The lowest BCUT2D eigenvalue weighted by atomic mass is 9.90. The Kier molecular flexibility index (Phi) is 9.56. The van der Waals surface area contributed by atoms with Gasteiger partial charge in [0.05, 0.1) is 24.4 Å². The predicted molar refractivity (Wildman–Crippen MR) is 144 cm³/mol. The second-order valence-electron chi connectivity index (χ2n) is 10.1. The van der Waals surface area contributed by atoms with Crippen molar-refractivity contribution in [3.05, 3.63) is 94.3 Å². The molecule has 6 nitrogen and oxygen atoms in total. The third kappa shape index (κ3) is 7.46. The number of nitrogens with two attached hydrogens (primary N) is 1. The first-order valence-electron chi connectivity index (χ1n) is 12.5. The van der Waals surface area contributed by atoms with Crippen LogP contribution in [0.2, 0.25) is 0 Å². The van der Waals surface area contributed by atoms with E-state index in [-0.39, 0.29) is 31.1 Å². The number of aliphatic hydroxyl groups is 1. The molecule has 0 fully saturated rings. The third-order valence-corrected chi connectivity index (χ3v) is 6.58. The maximum atomic E-state index is 14.4. The van der Waals surface area contributed by atoms with Gasteiger partial charge in [-0.2, -0.15) is 0 Å². The van der Waals surface area contributed by atoms with Gasteiger partial charge >= 0.3 is 5.97 Å².